The molecule has 0 aliphatic carbocycles. The smallest absolute Gasteiger partial charge is 0.00742 e. The average Bonchev–Trinajstić information content (AvgIpc) is 1.63. The summed E-state index contributed by atoms with van der Waals surface area (Å²) < 4.78 is 0. The first-order chi connectivity index (χ1) is 4.04. The zero-order chi connectivity index (χ0) is 7.44. The van der Waals surface area contributed by atoms with E-state index in [1.54, 1.807) is 0 Å². The molecule has 0 amide bonds. The van der Waals surface area contributed by atoms with Crippen molar-refractivity contribution >= 4 is 17.1 Å². The maximum atomic E-state index is 5.04. The van der Waals surface area contributed by atoms with E-state index in [2.05, 4.69) is 20.8 Å². The second kappa shape index (κ2) is 3.99. The molecular formula is C8H16S. The molecule has 0 nitrogen and oxygen atoms in total. The molecule has 0 N–H and O–H groups in total. The standard InChI is InChI=1S/C8H16S/c1-6(2)5-7(3)8(4)9/h6-7H,5H2,1-4H3/t7-/m1/s1. The minimum Gasteiger partial charge on any atom is -0.0897 e. The molecule has 0 saturated heterocycles. The van der Waals surface area contributed by atoms with Crippen molar-refractivity contribution in [1.82, 2.24) is 0 Å². The zero-order valence-electron chi connectivity index (χ0n) is 6.77. The summed E-state index contributed by atoms with van der Waals surface area (Å²) in [5.74, 6) is 1.40. The number of hydrogen-bond donors (Lipinski definition) is 0. The van der Waals surface area contributed by atoms with Crippen molar-refractivity contribution in [3.8, 4) is 0 Å². The average molecular weight is 144 g/mol. The first-order valence-electron chi connectivity index (χ1n) is 3.54. The van der Waals surface area contributed by atoms with E-state index >= 15 is 0 Å². The Hall–Kier alpha value is 0.0900. The Kier molecular flexibility index (Phi) is 4.03. The lowest BCUT2D eigenvalue weighted by Gasteiger charge is -2.11. The van der Waals surface area contributed by atoms with E-state index in [0.29, 0.717) is 5.92 Å². The van der Waals surface area contributed by atoms with Gasteiger partial charge in [-0.05, 0) is 30.0 Å². The van der Waals surface area contributed by atoms with Crippen LogP contribution in [0.3, 0.4) is 0 Å². The molecule has 0 aliphatic heterocycles. The number of hydrogen-bond acceptors (Lipinski definition) is 1. The Labute approximate surface area is 63.7 Å². The fraction of sp³-hybridized carbons (Fsp3) is 0.875. The molecular weight excluding hydrogens is 128 g/mol. The summed E-state index contributed by atoms with van der Waals surface area (Å²) in [6.45, 7) is 8.69. The summed E-state index contributed by atoms with van der Waals surface area (Å²) in [5, 5.41) is 0. The van der Waals surface area contributed by atoms with Crippen LogP contribution in [-0.2, 0) is 0 Å². The summed E-state index contributed by atoms with van der Waals surface area (Å²) in [6, 6.07) is 0. The largest absolute Gasteiger partial charge is 0.0897 e. The maximum Gasteiger partial charge on any atom is -0.00742 e. The summed E-state index contributed by atoms with van der Waals surface area (Å²) >= 11 is 5.04. The van der Waals surface area contributed by atoms with Crippen molar-refractivity contribution in [3.63, 3.8) is 0 Å². The Morgan fingerprint density at radius 2 is 1.78 bits per heavy atom. The SMILES string of the molecule is CC(=S)[C@H](C)CC(C)C. The number of rotatable bonds is 3. The van der Waals surface area contributed by atoms with E-state index in [-0.39, 0.29) is 0 Å². The predicted molar refractivity (Wildman–Crippen MR) is 46.9 cm³/mol. The van der Waals surface area contributed by atoms with Crippen molar-refractivity contribution in [2.75, 3.05) is 0 Å². The van der Waals surface area contributed by atoms with Gasteiger partial charge in [-0.2, -0.15) is 0 Å². The van der Waals surface area contributed by atoms with Crippen LogP contribution < -0.4 is 0 Å². The van der Waals surface area contributed by atoms with E-state index in [1.165, 1.54) is 6.42 Å². The van der Waals surface area contributed by atoms with Gasteiger partial charge in [0.15, 0.2) is 0 Å². The van der Waals surface area contributed by atoms with E-state index in [0.717, 1.165) is 10.8 Å². The van der Waals surface area contributed by atoms with E-state index in [4.69, 9.17) is 12.2 Å². The van der Waals surface area contributed by atoms with Gasteiger partial charge in [0.25, 0.3) is 0 Å². The molecule has 0 radical (unpaired) electrons. The minimum absolute atomic E-state index is 0.625. The van der Waals surface area contributed by atoms with E-state index in [9.17, 15) is 0 Å². The number of thiocarbonyl (C=S) groups is 1. The second-order valence-electron chi connectivity index (χ2n) is 3.14. The quantitative estimate of drug-likeness (QED) is 0.549. The molecule has 0 heterocycles. The van der Waals surface area contributed by atoms with Crippen LogP contribution in [0.15, 0.2) is 0 Å². The summed E-state index contributed by atoms with van der Waals surface area (Å²) in [5.41, 5.74) is 0. The lowest BCUT2D eigenvalue weighted by Crippen LogP contribution is -2.06. The van der Waals surface area contributed by atoms with Crippen LogP contribution in [0.1, 0.15) is 34.1 Å². The van der Waals surface area contributed by atoms with Crippen LogP contribution >= 0.6 is 12.2 Å². The molecule has 0 aromatic heterocycles. The van der Waals surface area contributed by atoms with Crippen molar-refractivity contribution in [2.45, 2.75) is 34.1 Å². The Bertz CT molecular complexity index is 94.7. The van der Waals surface area contributed by atoms with Gasteiger partial charge in [-0.3, -0.25) is 0 Å². The molecule has 0 spiro atoms. The highest BCUT2D eigenvalue weighted by molar-refractivity contribution is 7.80. The van der Waals surface area contributed by atoms with Crippen LogP contribution in [0.25, 0.3) is 0 Å². The molecule has 0 aromatic rings. The van der Waals surface area contributed by atoms with Gasteiger partial charge in [0.1, 0.15) is 0 Å². The summed E-state index contributed by atoms with van der Waals surface area (Å²) in [7, 11) is 0. The van der Waals surface area contributed by atoms with Gasteiger partial charge in [-0.25, -0.2) is 0 Å². The van der Waals surface area contributed by atoms with Gasteiger partial charge < -0.3 is 0 Å². The molecule has 0 saturated carbocycles. The van der Waals surface area contributed by atoms with Gasteiger partial charge >= 0.3 is 0 Å². The van der Waals surface area contributed by atoms with Crippen LogP contribution in [0, 0.1) is 11.8 Å². The van der Waals surface area contributed by atoms with Crippen molar-refractivity contribution in [1.29, 1.82) is 0 Å². The molecule has 54 valence electrons. The van der Waals surface area contributed by atoms with Crippen molar-refractivity contribution in [3.05, 3.63) is 0 Å². The fourth-order valence-electron chi connectivity index (χ4n) is 0.873. The molecule has 0 fully saturated rings. The maximum absolute atomic E-state index is 5.04. The normalized spacial score (nSPS) is 13.9. The van der Waals surface area contributed by atoms with Crippen molar-refractivity contribution in [2.24, 2.45) is 11.8 Å². The molecule has 9 heavy (non-hydrogen) atoms. The van der Waals surface area contributed by atoms with Crippen LogP contribution in [0.4, 0.5) is 0 Å². The van der Waals surface area contributed by atoms with Gasteiger partial charge in [-0.1, -0.05) is 33.0 Å². The molecule has 1 heteroatoms. The lowest BCUT2D eigenvalue weighted by atomic mass is 9.97. The Balaban J connectivity index is 3.50. The fourth-order valence-corrected chi connectivity index (χ4v) is 0.969. The van der Waals surface area contributed by atoms with Gasteiger partial charge in [-0.15, -0.1) is 0 Å². The first-order valence-corrected chi connectivity index (χ1v) is 3.95. The molecule has 0 bridgehead atoms. The topological polar surface area (TPSA) is 0 Å². The van der Waals surface area contributed by atoms with Crippen LogP contribution in [0.2, 0.25) is 0 Å². The Morgan fingerprint density at radius 3 is 1.89 bits per heavy atom. The van der Waals surface area contributed by atoms with E-state index < -0.39 is 0 Å². The minimum atomic E-state index is 0.625. The van der Waals surface area contributed by atoms with Crippen LogP contribution in [-0.4, -0.2) is 4.86 Å². The monoisotopic (exact) mass is 144 g/mol. The molecule has 0 unspecified atom stereocenters. The predicted octanol–water partition coefficient (Wildman–Crippen LogP) is 3.06. The summed E-state index contributed by atoms with van der Waals surface area (Å²) in [4.78, 5) is 1.14. The van der Waals surface area contributed by atoms with E-state index in [1.807, 2.05) is 6.92 Å². The highest BCUT2D eigenvalue weighted by Gasteiger charge is 2.05. The van der Waals surface area contributed by atoms with Gasteiger partial charge in [0, 0.05) is 0 Å². The molecule has 0 aromatic carbocycles. The molecule has 0 aliphatic rings. The first kappa shape index (κ1) is 9.09. The van der Waals surface area contributed by atoms with Crippen LogP contribution in [0.5, 0.6) is 0 Å². The zero-order valence-corrected chi connectivity index (χ0v) is 7.59. The lowest BCUT2D eigenvalue weighted by molar-refractivity contribution is 0.524. The third-order valence-electron chi connectivity index (χ3n) is 1.52. The van der Waals surface area contributed by atoms with Crippen molar-refractivity contribution < 1.29 is 0 Å². The van der Waals surface area contributed by atoms with Gasteiger partial charge in [0.05, 0.1) is 0 Å². The second-order valence-corrected chi connectivity index (χ2v) is 3.79. The third kappa shape index (κ3) is 4.58. The Morgan fingerprint density at radius 1 is 1.33 bits per heavy atom. The highest BCUT2D eigenvalue weighted by Crippen LogP contribution is 2.11. The molecule has 1 atom stereocenters. The summed E-state index contributed by atoms with van der Waals surface area (Å²) in [6.07, 6.45) is 1.23. The molecule has 0 rings (SSSR count). The highest BCUT2D eigenvalue weighted by atomic mass is 32.1. The third-order valence-corrected chi connectivity index (χ3v) is 1.92. The van der Waals surface area contributed by atoms with Gasteiger partial charge in [0.2, 0.25) is 0 Å².